The summed E-state index contributed by atoms with van der Waals surface area (Å²) in [6, 6.07) is 0. The van der Waals surface area contributed by atoms with E-state index < -0.39 is 0 Å². The van der Waals surface area contributed by atoms with Gasteiger partial charge in [0.2, 0.25) is 0 Å². The van der Waals surface area contributed by atoms with Gasteiger partial charge in [0.25, 0.3) is 0 Å². The van der Waals surface area contributed by atoms with Crippen LogP contribution in [-0.2, 0) is 9.53 Å². The summed E-state index contributed by atoms with van der Waals surface area (Å²) >= 11 is 0. The number of methoxy groups -OCH3 is 1. The van der Waals surface area contributed by atoms with Crippen molar-refractivity contribution >= 4 is 5.97 Å². The van der Waals surface area contributed by atoms with Gasteiger partial charge in [-0.15, -0.1) is 0 Å². The monoisotopic (exact) mass is 226 g/mol. The minimum Gasteiger partial charge on any atom is -0.469 e. The molecule has 0 aromatic rings. The van der Waals surface area contributed by atoms with Gasteiger partial charge < -0.3 is 9.84 Å². The Kier molecular flexibility index (Phi) is 5.53. The minimum absolute atomic E-state index is 0.197. The number of ether oxygens (including phenoxy) is 1. The Labute approximate surface area is 97.5 Å². The first-order valence-electron chi connectivity index (χ1n) is 6.14. The summed E-state index contributed by atoms with van der Waals surface area (Å²) < 4.78 is 4.67. The number of hydrogen-bond acceptors (Lipinski definition) is 3. The third-order valence-corrected chi connectivity index (χ3v) is 3.21. The zero-order valence-electron chi connectivity index (χ0n) is 10.3. The van der Waals surface area contributed by atoms with E-state index in [-0.39, 0.29) is 12.1 Å². The second-order valence-corrected chi connectivity index (χ2v) is 4.39. The number of hydrogen-bond donors (Lipinski definition) is 1. The molecule has 0 aromatic carbocycles. The Morgan fingerprint density at radius 1 is 1.50 bits per heavy atom. The fourth-order valence-corrected chi connectivity index (χ4v) is 2.24. The number of aliphatic hydroxyl groups excluding tert-OH is 1. The molecule has 3 heteroatoms. The highest BCUT2D eigenvalue weighted by Gasteiger charge is 2.24. The van der Waals surface area contributed by atoms with Crippen LogP contribution in [0, 0.1) is 0 Å². The Hall–Kier alpha value is -0.830. The van der Waals surface area contributed by atoms with Crippen LogP contribution in [0.1, 0.15) is 51.9 Å². The Morgan fingerprint density at radius 3 is 2.88 bits per heavy atom. The molecular formula is C13H22O3. The van der Waals surface area contributed by atoms with Gasteiger partial charge in [-0.25, -0.2) is 0 Å². The Bertz CT molecular complexity index is 268. The SMILES string of the molecule is CCCCCC1=C(CC(=O)OC)CCC1O. The standard InChI is InChI=1S/C13H22O3/c1-3-4-5-6-11-10(7-8-12(11)14)9-13(15)16-2/h12,14H,3-9H2,1-2H3. The van der Waals surface area contributed by atoms with Gasteiger partial charge in [-0.2, -0.15) is 0 Å². The van der Waals surface area contributed by atoms with Crippen LogP contribution in [-0.4, -0.2) is 24.3 Å². The number of carbonyl (C=O) groups is 1. The smallest absolute Gasteiger partial charge is 0.309 e. The molecule has 92 valence electrons. The average molecular weight is 226 g/mol. The van der Waals surface area contributed by atoms with Gasteiger partial charge in [0.15, 0.2) is 0 Å². The molecule has 1 unspecified atom stereocenters. The molecule has 1 aliphatic carbocycles. The molecular weight excluding hydrogens is 204 g/mol. The largest absolute Gasteiger partial charge is 0.469 e. The van der Waals surface area contributed by atoms with E-state index in [0.717, 1.165) is 36.8 Å². The summed E-state index contributed by atoms with van der Waals surface area (Å²) in [5.41, 5.74) is 2.20. The van der Waals surface area contributed by atoms with Crippen molar-refractivity contribution in [3.05, 3.63) is 11.1 Å². The fourth-order valence-electron chi connectivity index (χ4n) is 2.24. The zero-order chi connectivity index (χ0) is 12.0. The molecule has 3 nitrogen and oxygen atoms in total. The van der Waals surface area contributed by atoms with Crippen LogP contribution in [0.15, 0.2) is 11.1 Å². The summed E-state index contributed by atoms with van der Waals surface area (Å²) in [5, 5.41) is 9.83. The van der Waals surface area contributed by atoms with Crippen LogP contribution in [0.25, 0.3) is 0 Å². The maximum absolute atomic E-state index is 11.2. The van der Waals surface area contributed by atoms with Crippen LogP contribution in [0.3, 0.4) is 0 Å². The van der Waals surface area contributed by atoms with Crippen LogP contribution >= 0.6 is 0 Å². The topological polar surface area (TPSA) is 46.5 Å². The van der Waals surface area contributed by atoms with E-state index in [0.29, 0.717) is 6.42 Å². The summed E-state index contributed by atoms with van der Waals surface area (Å²) in [7, 11) is 1.41. The summed E-state index contributed by atoms with van der Waals surface area (Å²) in [6.45, 7) is 2.16. The fraction of sp³-hybridized carbons (Fsp3) is 0.769. The van der Waals surface area contributed by atoms with E-state index in [1.165, 1.54) is 20.0 Å². The highest BCUT2D eigenvalue weighted by Crippen LogP contribution is 2.32. The highest BCUT2D eigenvalue weighted by atomic mass is 16.5. The van der Waals surface area contributed by atoms with Gasteiger partial charge in [-0.05, 0) is 31.3 Å². The minimum atomic E-state index is -0.323. The lowest BCUT2D eigenvalue weighted by molar-refractivity contribution is -0.139. The normalized spacial score (nSPS) is 20.3. The molecule has 0 amide bonds. The first kappa shape index (κ1) is 13.2. The van der Waals surface area contributed by atoms with E-state index in [1.54, 1.807) is 0 Å². The van der Waals surface area contributed by atoms with Gasteiger partial charge in [-0.1, -0.05) is 25.3 Å². The first-order chi connectivity index (χ1) is 7.69. The lowest BCUT2D eigenvalue weighted by Crippen LogP contribution is -2.06. The molecule has 0 aliphatic heterocycles. The number of rotatable bonds is 6. The molecule has 1 atom stereocenters. The lowest BCUT2D eigenvalue weighted by Gasteiger charge is -2.10. The van der Waals surface area contributed by atoms with Crippen molar-refractivity contribution in [2.24, 2.45) is 0 Å². The average Bonchev–Trinajstić information content (AvgIpc) is 2.61. The van der Waals surface area contributed by atoms with Crippen LogP contribution < -0.4 is 0 Å². The van der Waals surface area contributed by atoms with Gasteiger partial charge in [-0.3, -0.25) is 4.79 Å². The van der Waals surface area contributed by atoms with Crippen molar-refractivity contribution in [3.8, 4) is 0 Å². The van der Waals surface area contributed by atoms with Crippen molar-refractivity contribution in [2.75, 3.05) is 7.11 Å². The molecule has 1 aliphatic rings. The van der Waals surface area contributed by atoms with Gasteiger partial charge in [0.05, 0.1) is 19.6 Å². The second kappa shape index (κ2) is 6.69. The van der Waals surface area contributed by atoms with Gasteiger partial charge in [0.1, 0.15) is 0 Å². The number of carbonyl (C=O) groups excluding carboxylic acids is 1. The first-order valence-corrected chi connectivity index (χ1v) is 6.14. The number of aliphatic hydroxyl groups is 1. The molecule has 0 fully saturated rings. The summed E-state index contributed by atoms with van der Waals surface area (Å²) in [6.07, 6.45) is 6.05. The van der Waals surface area contributed by atoms with Crippen LogP contribution in [0.5, 0.6) is 0 Å². The molecule has 0 saturated heterocycles. The van der Waals surface area contributed by atoms with Crippen molar-refractivity contribution in [2.45, 2.75) is 58.0 Å². The van der Waals surface area contributed by atoms with Crippen molar-refractivity contribution in [1.82, 2.24) is 0 Å². The Balaban J connectivity index is 2.56. The van der Waals surface area contributed by atoms with Crippen LogP contribution in [0.4, 0.5) is 0 Å². The molecule has 0 bridgehead atoms. The zero-order valence-corrected chi connectivity index (χ0v) is 10.3. The molecule has 0 heterocycles. The molecule has 0 aromatic heterocycles. The van der Waals surface area contributed by atoms with E-state index >= 15 is 0 Å². The van der Waals surface area contributed by atoms with E-state index in [4.69, 9.17) is 0 Å². The second-order valence-electron chi connectivity index (χ2n) is 4.39. The third kappa shape index (κ3) is 3.63. The lowest BCUT2D eigenvalue weighted by atomic mass is 10.0. The predicted molar refractivity (Wildman–Crippen MR) is 63.0 cm³/mol. The Morgan fingerprint density at radius 2 is 2.25 bits per heavy atom. The van der Waals surface area contributed by atoms with Gasteiger partial charge in [0, 0.05) is 0 Å². The molecule has 0 radical (unpaired) electrons. The summed E-state index contributed by atoms with van der Waals surface area (Å²) in [4.78, 5) is 11.2. The van der Waals surface area contributed by atoms with E-state index in [9.17, 15) is 9.90 Å². The third-order valence-electron chi connectivity index (χ3n) is 3.21. The quantitative estimate of drug-likeness (QED) is 0.430. The maximum Gasteiger partial charge on any atom is 0.309 e. The highest BCUT2D eigenvalue weighted by molar-refractivity contribution is 5.72. The predicted octanol–water partition coefficient (Wildman–Crippen LogP) is 2.58. The van der Waals surface area contributed by atoms with E-state index in [2.05, 4.69) is 11.7 Å². The summed E-state index contributed by atoms with van der Waals surface area (Å²) in [5.74, 6) is -0.197. The van der Waals surface area contributed by atoms with E-state index in [1.807, 2.05) is 0 Å². The number of esters is 1. The molecule has 16 heavy (non-hydrogen) atoms. The molecule has 1 rings (SSSR count). The maximum atomic E-state index is 11.2. The van der Waals surface area contributed by atoms with Crippen LogP contribution in [0.2, 0.25) is 0 Å². The number of unbranched alkanes of at least 4 members (excludes halogenated alkanes) is 2. The molecule has 0 saturated carbocycles. The molecule has 0 spiro atoms. The van der Waals surface area contributed by atoms with Crippen molar-refractivity contribution in [3.63, 3.8) is 0 Å². The molecule has 1 N–H and O–H groups in total. The van der Waals surface area contributed by atoms with Crippen molar-refractivity contribution in [1.29, 1.82) is 0 Å². The van der Waals surface area contributed by atoms with Gasteiger partial charge >= 0.3 is 5.97 Å². The van der Waals surface area contributed by atoms with Crippen molar-refractivity contribution < 1.29 is 14.6 Å².